The maximum absolute atomic E-state index is 3.98. The van der Waals surface area contributed by atoms with E-state index in [1.54, 1.807) is 0 Å². The van der Waals surface area contributed by atoms with Crippen molar-refractivity contribution in [1.29, 1.82) is 0 Å². The Hall–Kier alpha value is -0.860. The summed E-state index contributed by atoms with van der Waals surface area (Å²) in [6.07, 6.45) is 6.59. The van der Waals surface area contributed by atoms with Gasteiger partial charge in [-0.2, -0.15) is 0 Å². The third-order valence-electron chi connectivity index (χ3n) is 5.57. The number of nitrogens with zero attached hydrogens (tertiary/aromatic N) is 1. The summed E-state index contributed by atoms with van der Waals surface area (Å²) in [4.78, 5) is 2.76. The molecule has 0 saturated carbocycles. The van der Waals surface area contributed by atoms with Gasteiger partial charge in [-0.3, -0.25) is 4.90 Å². The first kappa shape index (κ1) is 15.1. The summed E-state index contributed by atoms with van der Waals surface area (Å²) in [6.45, 7) is 9.45. The fraction of sp³-hybridized carbons (Fsp3) is 0.684. The van der Waals surface area contributed by atoms with Gasteiger partial charge < -0.3 is 5.32 Å². The Labute approximate surface area is 129 Å². The molecule has 2 heterocycles. The highest BCUT2D eigenvalue weighted by molar-refractivity contribution is 5.18. The molecule has 0 radical (unpaired) electrons. The highest BCUT2D eigenvalue weighted by atomic mass is 15.3. The monoisotopic (exact) mass is 286 g/mol. The minimum absolute atomic E-state index is 0.303. The fourth-order valence-corrected chi connectivity index (χ4v) is 4.56. The smallest absolute Gasteiger partial charge is 0.0315 e. The molecule has 2 fully saturated rings. The molecule has 1 N–H and O–H groups in total. The molecule has 0 amide bonds. The number of likely N-dealkylation sites (tertiary alicyclic amines) is 1. The Morgan fingerprint density at radius 1 is 1.19 bits per heavy atom. The van der Waals surface area contributed by atoms with Crippen molar-refractivity contribution >= 4 is 0 Å². The summed E-state index contributed by atoms with van der Waals surface area (Å²) in [5, 5.41) is 3.98. The van der Waals surface area contributed by atoms with Gasteiger partial charge in [-0.1, -0.05) is 50.1 Å². The van der Waals surface area contributed by atoms with E-state index in [9.17, 15) is 0 Å². The third-order valence-corrected chi connectivity index (χ3v) is 5.57. The molecule has 0 spiro atoms. The van der Waals surface area contributed by atoms with E-state index in [-0.39, 0.29) is 0 Å². The van der Waals surface area contributed by atoms with Crippen LogP contribution in [-0.2, 0) is 6.54 Å². The summed E-state index contributed by atoms with van der Waals surface area (Å²) in [5.41, 5.74) is 2.07. The Morgan fingerprint density at radius 3 is 2.67 bits per heavy atom. The molecule has 0 aromatic heterocycles. The Balaban J connectivity index is 1.81. The maximum atomic E-state index is 3.98. The molecule has 2 aliphatic rings. The van der Waals surface area contributed by atoms with E-state index in [4.69, 9.17) is 0 Å². The molecule has 3 unspecified atom stereocenters. The zero-order valence-electron chi connectivity index (χ0n) is 13.9. The number of nitrogens with one attached hydrogen (secondary N) is 1. The van der Waals surface area contributed by atoms with Gasteiger partial charge in [-0.15, -0.1) is 0 Å². The van der Waals surface area contributed by atoms with Crippen molar-refractivity contribution in [1.82, 2.24) is 10.2 Å². The van der Waals surface area contributed by atoms with Crippen LogP contribution in [0.5, 0.6) is 0 Å². The lowest BCUT2D eigenvalue weighted by Crippen LogP contribution is -2.68. The number of fused-ring (bicyclic) bond motifs is 2. The second-order valence-electron chi connectivity index (χ2n) is 7.65. The second kappa shape index (κ2) is 5.73. The van der Waals surface area contributed by atoms with Crippen LogP contribution in [0.3, 0.4) is 0 Å². The van der Waals surface area contributed by atoms with Gasteiger partial charge in [0.2, 0.25) is 0 Å². The van der Waals surface area contributed by atoms with E-state index in [0.29, 0.717) is 17.1 Å². The lowest BCUT2D eigenvalue weighted by Gasteiger charge is -2.51. The summed E-state index contributed by atoms with van der Waals surface area (Å²) < 4.78 is 0. The van der Waals surface area contributed by atoms with Crippen LogP contribution < -0.4 is 5.32 Å². The van der Waals surface area contributed by atoms with Crippen LogP contribution in [0, 0.1) is 0 Å². The lowest BCUT2D eigenvalue weighted by molar-refractivity contribution is 0.0308. The predicted octanol–water partition coefficient (Wildman–Crippen LogP) is 3.96. The van der Waals surface area contributed by atoms with Crippen LogP contribution in [-0.4, -0.2) is 28.6 Å². The first-order valence-electron chi connectivity index (χ1n) is 8.62. The third kappa shape index (κ3) is 3.02. The van der Waals surface area contributed by atoms with Gasteiger partial charge in [0.25, 0.3) is 0 Å². The largest absolute Gasteiger partial charge is 0.303 e. The van der Waals surface area contributed by atoms with E-state index in [1.807, 2.05) is 0 Å². The molecule has 2 saturated heterocycles. The lowest BCUT2D eigenvalue weighted by atomic mass is 9.85. The predicted molar refractivity (Wildman–Crippen MR) is 89.3 cm³/mol. The van der Waals surface area contributed by atoms with E-state index < -0.39 is 0 Å². The zero-order valence-corrected chi connectivity index (χ0v) is 13.9. The molecule has 2 heteroatoms. The molecular formula is C19H30N2. The zero-order chi connectivity index (χ0) is 14.9. The van der Waals surface area contributed by atoms with Crippen molar-refractivity contribution in [2.75, 3.05) is 6.54 Å². The summed E-state index contributed by atoms with van der Waals surface area (Å²) in [7, 11) is 0. The van der Waals surface area contributed by atoms with Crippen LogP contribution in [0.25, 0.3) is 0 Å². The van der Waals surface area contributed by atoms with Crippen LogP contribution in [0.4, 0.5) is 0 Å². The van der Waals surface area contributed by atoms with Gasteiger partial charge >= 0.3 is 0 Å². The SMILES string of the molecule is CCCCC1N(Cc2ccccc2)CC2(C)CCC1(C)N2. The van der Waals surface area contributed by atoms with E-state index in [1.165, 1.54) is 44.2 Å². The number of benzene rings is 1. The number of piperazine rings is 1. The average Bonchev–Trinajstić information content (AvgIpc) is 2.71. The van der Waals surface area contributed by atoms with Crippen molar-refractivity contribution in [3.63, 3.8) is 0 Å². The van der Waals surface area contributed by atoms with Gasteiger partial charge in [-0.25, -0.2) is 0 Å². The van der Waals surface area contributed by atoms with E-state index in [0.717, 1.165) is 6.54 Å². The van der Waals surface area contributed by atoms with Crippen LogP contribution in [0.2, 0.25) is 0 Å². The van der Waals surface area contributed by atoms with Crippen molar-refractivity contribution in [3.8, 4) is 0 Å². The minimum Gasteiger partial charge on any atom is -0.303 e. The van der Waals surface area contributed by atoms with Gasteiger partial charge in [0.1, 0.15) is 0 Å². The number of hydrogen-bond acceptors (Lipinski definition) is 2. The normalized spacial score (nSPS) is 36.0. The Bertz CT molecular complexity index is 472. The summed E-state index contributed by atoms with van der Waals surface area (Å²) >= 11 is 0. The first-order chi connectivity index (χ1) is 10.0. The molecule has 0 aliphatic carbocycles. The van der Waals surface area contributed by atoms with Crippen LogP contribution in [0.15, 0.2) is 30.3 Å². The minimum atomic E-state index is 0.303. The summed E-state index contributed by atoms with van der Waals surface area (Å²) in [5.74, 6) is 0. The highest BCUT2D eigenvalue weighted by Crippen LogP contribution is 2.42. The molecule has 2 bridgehead atoms. The van der Waals surface area contributed by atoms with Crippen molar-refractivity contribution in [3.05, 3.63) is 35.9 Å². The highest BCUT2D eigenvalue weighted by Gasteiger charge is 2.53. The number of hydrogen-bond donors (Lipinski definition) is 1. The Kier molecular flexibility index (Phi) is 4.11. The number of unbranched alkanes of at least 4 members (excludes halogenated alkanes) is 1. The molecular weight excluding hydrogens is 256 g/mol. The molecule has 21 heavy (non-hydrogen) atoms. The topological polar surface area (TPSA) is 15.3 Å². The van der Waals surface area contributed by atoms with Crippen LogP contribution in [0.1, 0.15) is 58.4 Å². The molecule has 1 aromatic carbocycles. The van der Waals surface area contributed by atoms with E-state index in [2.05, 4.69) is 61.3 Å². The standard InChI is InChI=1S/C19H30N2/c1-4-5-11-17-19(3)13-12-18(2,20-19)15-21(17)14-16-9-7-6-8-10-16/h6-10,17,20H,4-5,11-15H2,1-3H3. The summed E-state index contributed by atoms with van der Waals surface area (Å²) in [6, 6.07) is 11.7. The fourth-order valence-electron chi connectivity index (χ4n) is 4.56. The van der Waals surface area contributed by atoms with Crippen molar-refractivity contribution in [2.24, 2.45) is 0 Å². The van der Waals surface area contributed by atoms with Crippen molar-refractivity contribution < 1.29 is 0 Å². The molecule has 2 nitrogen and oxygen atoms in total. The maximum Gasteiger partial charge on any atom is 0.0315 e. The van der Waals surface area contributed by atoms with E-state index >= 15 is 0 Å². The molecule has 3 rings (SSSR count). The van der Waals surface area contributed by atoms with Gasteiger partial charge in [0.05, 0.1) is 0 Å². The molecule has 2 aliphatic heterocycles. The molecule has 3 atom stereocenters. The first-order valence-corrected chi connectivity index (χ1v) is 8.62. The quantitative estimate of drug-likeness (QED) is 0.881. The Morgan fingerprint density at radius 2 is 1.95 bits per heavy atom. The molecule has 116 valence electrons. The van der Waals surface area contributed by atoms with Gasteiger partial charge in [0, 0.05) is 30.2 Å². The van der Waals surface area contributed by atoms with Crippen LogP contribution >= 0.6 is 0 Å². The average molecular weight is 286 g/mol. The number of rotatable bonds is 5. The molecule has 1 aromatic rings. The second-order valence-corrected chi connectivity index (χ2v) is 7.65. The van der Waals surface area contributed by atoms with Gasteiger partial charge in [-0.05, 0) is 38.7 Å². The van der Waals surface area contributed by atoms with Gasteiger partial charge in [0.15, 0.2) is 0 Å². The van der Waals surface area contributed by atoms with Crippen molar-refractivity contribution in [2.45, 2.75) is 76.5 Å².